The first-order valence-corrected chi connectivity index (χ1v) is 8.14. The molecule has 0 saturated heterocycles. The van der Waals surface area contributed by atoms with Crippen molar-refractivity contribution in [2.24, 2.45) is 0 Å². The molecule has 1 aromatic heterocycles. The first kappa shape index (κ1) is 17.4. The highest BCUT2D eigenvalue weighted by atomic mass is 35.5. The molecule has 3 aromatic rings. The minimum atomic E-state index is -0.416. The van der Waals surface area contributed by atoms with Crippen molar-refractivity contribution in [3.05, 3.63) is 83.6 Å². The molecule has 26 heavy (non-hydrogen) atoms. The Morgan fingerprint density at radius 2 is 1.42 bits per heavy atom. The molecule has 0 bridgehead atoms. The number of nitrogens with zero attached hydrogens (tertiary/aromatic N) is 1. The maximum absolute atomic E-state index is 12.1. The highest BCUT2D eigenvalue weighted by Gasteiger charge is 2.08. The number of urea groups is 1. The fourth-order valence-corrected chi connectivity index (χ4v) is 2.42. The van der Waals surface area contributed by atoms with Crippen LogP contribution in [0.15, 0.2) is 72.9 Å². The summed E-state index contributed by atoms with van der Waals surface area (Å²) in [5.41, 5.74) is 1.96. The third-order valence-corrected chi connectivity index (χ3v) is 3.59. The van der Waals surface area contributed by atoms with Crippen molar-refractivity contribution in [3.63, 3.8) is 0 Å². The lowest BCUT2D eigenvalue weighted by molar-refractivity contribution is 0.102. The Hall–Kier alpha value is -3.38. The van der Waals surface area contributed by atoms with Crippen molar-refractivity contribution in [1.82, 2.24) is 4.98 Å². The van der Waals surface area contributed by atoms with E-state index in [9.17, 15) is 9.59 Å². The predicted octanol–water partition coefficient (Wildman–Crippen LogP) is 4.63. The van der Waals surface area contributed by atoms with E-state index in [4.69, 9.17) is 11.6 Å². The minimum absolute atomic E-state index is 0.310. The molecular weight excluding hydrogens is 352 g/mol. The summed E-state index contributed by atoms with van der Waals surface area (Å²) in [7, 11) is 0. The summed E-state index contributed by atoms with van der Waals surface area (Å²) in [6.45, 7) is 0. The Labute approximate surface area is 155 Å². The minimum Gasteiger partial charge on any atom is -0.321 e. The van der Waals surface area contributed by atoms with Crippen LogP contribution >= 0.6 is 11.6 Å². The van der Waals surface area contributed by atoms with Crippen LogP contribution in [0.2, 0.25) is 5.02 Å². The number of carbonyl (C=O) groups is 2. The molecule has 3 N–H and O–H groups in total. The Kier molecular flexibility index (Phi) is 5.46. The number of benzene rings is 2. The van der Waals surface area contributed by atoms with Gasteiger partial charge >= 0.3 is 6.03 Å². The summed E-state index contributed by atoms with van der Waals surface area (Å²) >= 11 is 5.89. The SMILES string of the molecule is O=C(Nc1cccc(Cl)c1)Nc1cccc(NC(=O)c2ccccn2)c1. The third-order valence-electron chi connectivity index (χ3n) is 3.36. The van der Waals surface area contributed by atoms with Crippen LogP contribution in [-0.2, 0) is 0 Å². The Morgan fingerprint density at radius 1 is 0.769 bits per heavy atom. The molecule has 0 unspecified atom stereocenters. The average Bonchev–Trinajstić information content (AvgIpc) is 2.62. The summed E-state index contributed by atoms with van der Waals surface area (Å²) < 4.78 is 0. The monoisotopic (exact) mass is 366 g/mol. The fourth-order valence-electron chi connectivity index (χ4n) is 2.23. The van der Waals surface area contributed by atoms with Gasteiger partial charge in [-0.3, -0.25) is 9.78 Å². The van der Waals surface area contributed by atoms with E-state index in [-0.39, 0.29) is 5.91 Å². The van der Waals surface area contributed by atoms with Crippen LogP contribution in [0.4, 0.5) is 21.9 Å². The summed E-state index contributed by atoms with van der Waals surface area (Å²) in [5.74, 6) is -0.328. The lowest BCUT2D eigenvalue weighted by Crippen LogP contribution is -2.19. The van der Waals surface area contributed by atoms with Gasteiger partial charge in [0.15, 0.2) is 0 Å². The largest absolute Gasteiger partial charge is 0.323 e. The van der Waals surface area contributed by atoms with E-state index in [1.54, 1.807) is 72.9 Å². The quantitative estimate of drug-likeness (QED) is 0.629. The van der Waals surface area contributed by atoms with E-state index < -0.39 is 6.03 Å². The van der Waals surface area contributed by atoms with Crippen molar-refractivity contribution in [2.75, 3.05) is 16.0 Å². The van der Waals surface area contributed by atoms with E-state index in [1.165, 1.54) is 0 Å². The third kappa shape index (κ3) is 4.81. The number of hydrogen-bond acceptors (Lipinski definition) is 3. The van der Waals surface area contributed by atoms with E-state index in [0.717, 1.165) is 0 Å². The number of amides is 3. The van der Waals surface area contributed by atoms with Crippen LogP contribution in [0.25, 0.3) is 0 Å². The van der Waals surface area contributed by atoms with Gasteiger partial charge in [0.25, 0.3) is 5.91 Å². The molecule has 6 nitrogen and oxygen atoms in total. The molecule has 0 atom stereocenters. The first-order chi connectivity index (χ1) is 12.6. The molecule has 7 heteroatoms. The van der Waals surface area contributed by atoms with E-state index in [0.29, 0.717) is 27.8 Å². The summed E-state index contributed by atoms with van der Waals surface area (Å²) in [4.78, 5) is 28.2. The lowest BCUT2D eigenvalue weighted by Gasteiger charge is -2.10. The average molecular weight is 367 g/mol. The van der Waals surface area contributed by atoms with E-state index >= 15 is 0 Å². The zero-order valence-corrected chi connectivity index (χ0v) is 14.3. The van der Waals surface area contributed by atoms with E-state index in [2.05, 4.69) is 20.9 Å². The standard InChI is InChI=1S/C19H15ClN4O2/c20-13-5-3-6-14(11-13)23-19(26)24-16-8-4-7-15(12-16)22-18(25)17-9-1-2-10-21-17/h1-12H,(H,22,25)(H2,23,24,26). The van der Waals surface area contributed by atoms with Gasteiger partial charge in [0.05, 0.1) is 0 Å². The lowest BCUT2D eigenvalue weighted by atomic mass is 10.2. The molecule has 3 rings (SSSR count). The number of halogens is 1. The molecule has 1 heterocycles. The number of anilines is 3. The molecule has 0 saturated carbocycles. The summed E-state index contributed by atoms with van der Waals surface area (Å²) in [5, 5.41) is 8.66. The smallest absolute Gasteiger partial charge is 0.321 e. The zero-order valence-electron chi connectivity index (χ0n) is 13.6. The summed E-state index contributed by atoms with van der Waals surface area (Å²) in [6, 6.07) is 18.3. The van der Waals surface area contributed by atoms with Crippen LogP contribution in [0, 0.1) is 0 Å². The van der Waals surface area contributed by atoms with Gasteiger partial charge in [-0.2, -0.15) is 0 Å². The van der Waals surface area contributed by atoms with Crippen LogP contribution in [0.3, 0.4) is 0 Å². The van der Waals surface area contributed by atoms with Gasteiger partial charge in [-0.25, -0.2) is 4.79 Å². The molecule has 0 fully saturated rings. The van der Waals surface area contributed by atoms with Gasteiger partial charge in [0.2, 0.25) is 0 Å². The molecule has 130 valence electrons. The van der Waals surface area contributed by atoms with Gasteiger partial charge in [0.1, 0.15) is 5.69 Å². The molecule has 2 aromatic carbocycles. The van der Waals surface area contributed by atoms with E-state index in [1.807, 2.05) is 0 Å². The number of nitrogens with one attached hydrogen (secondary N) is 3. The first-order valence-electron chi connectivity index (χ1n) is 7.76. The van der Waals surface area contributed by atoms with Crippen LogP contribution in [0.5, 0.6) is 0 Å². The second-order valence-corrected chi connectivity index (χ2v) is 5.78. The zero-order chi connectivity index (χ0) is 18.4. The van der Waals surface area contributed by atoms with Crippen molar-refractivity contribution in [3.8, 4) is 0 Å². The van der Waals surface area contributed by atoms with Gasteiger partial charge < -0.3 is 16.0 Å². The molecule has 0 radical (unpaired) electrons. The summed E-state index contributed by atoms with van der Waals surface area (Å²) in [6.07, 6.45) is 1.55. The number of pyridine rings is 1. The number of hydrogen-bond donors (Lipinski definition) is 3. The number of carbonyl (C=O) groups excluding carboxylic acids is 2. The van der Waals surface area contributed by atoms with Crippen molar-refractivity contribution in [1.29, 1.82) is 0 Å². The Bertz CT molecular complexity index is 932. The van der Waals surface area contributed by atoms with Crippen molar-refractivity contribution >= 4 is 40.6 Å². The number of aromatic nitrogens is 1. The van der Waals surface area contributed by atoms with Gasteiger partial charge in [-0.15, -0.1) is 0 Å². The Morgan fingerprint density at radius 3 is 2.08 bits per heavy atom. The molecule has 0 aliphatic heterocycles. The van der Waals surface area contributed by atoms with Gasteiger partial charge in [0, 0.05) is 28.3 Å². The topological polar surface area (TPSA) is 83.1 Å². The molecule has 3 amide bonds. The van der Waals surface area contributed by atoms with Crippen LogP contribution in [0.1, 0.15) is 10.5 Å². The highest BCUT2D eigenvalue weighted by molar-refractivity contribution is 6.30. The molecule has 0 aliphatic carbocycles. The Balaban J connectivity index is 1.63. The van der Waals surface area contributed by atoms with Gasteiger partial charge in [-0.05, 0) is 48.5 Å². The second-order valence-electron chi connectivity index (χ2n) is 5.34. The van der Waals surface area contributed by atoms with Crippen molar-refractivity contribution < 1.29 is 9.59 Å². The van der Waals surface area contributed by atoms with Crippen LogP contribution < -0.4 is 16.0 Å². The fraction of sp³-hybridized carbons (Fsp3) is 0. The van der Waals surface area contributed by atoms with Crippen molar-refractivity contribution in [2.45, 2.75) is 0 Å². The molecule has 0 spiro atoms. The molecular formula is C19H15ClN4O2. The maximum Gasteiger partial charge on any atom is 0.323 e. The highest BCUT2D eigenvalue weighted by Crippen LogP contribution is 2.18. The molecule has 0 aliphatic rings. The number of rotatable bonds is 4. The second kappa shape index (κ2) is 8.13. The normalized spacial score (nSPS) is 10.0. The van der Waals surface area contributed by atoms with Crippen LogP contribution in [-0.4, -0.2) is 16.9 Å². The predicted molar refractivity (Wildman–Crippen MR) is 103 cm³/mol. The maximum atomic E-state index is 12.1. The van der Waals surface area contributed by atoms with Gasteiger partial charge in [-0.1, -0.05) is 29.8 Å².